The third-order valence-corrected chi connectivity index (χ3v) is 6.39. The highest BCUT2D eigenvalue weighted by atomic mass is 32.2. The fourth-order valence-corrected chi connectivity index (χ4v) is 4.75. The van der Waals surface area contributed by atoms with E-state index < -0.39 is 26.9 Å². The SMILES string of the molecule is CC(=O)c1cncc(S(=O)(=O)NC(=O)Nc2c3c(cc4c2CCC4)CCC3)n1. The summed E-state index contributed by atoms with van der Waals surface area (Å²) in [6.07, 6.45) is 7.93. The zero-order valence-corrected chi connectivity index (χ0v) is 16.2. The number of Topliss-reactive ketones (excluding diaryl/α,β-unsaturated/α-hetero) is 1. The lowest BCUT2D eigenvalue weighted by atomic mass is 9.99. The van der Waals surface area contributed by atoms with Gasteiger partial charge in [0.15, 0.2) is 10.8 Å². The number of benzene rings is 1. The molecule has 2 aromatic rings. The second-order valence-corrected chi connectivity index (χ2v) is 8.72. The normalized spacial score (nSPS) is 15.0. The van der Waals surface area contributed by atoms with E-state index in [0.29, 0.717) is 0 Å². The number of nitrogens with one attached hydrogen (secondary N) is 2. The van der Waals surface area contributed by atoms with E-state index in [4.69, 9.17) is 0 Å². The molecule has 2 aliphatic carbocycles. The maximum Gasteiger partial charge on any atom is 0.333 e. The van der Waals surface area contributed by atoms with Crippen LogP contribution in [0, 0.1) is 0 Å². The highest BCUT2D eigenvalue weighted by Crippen LogP contribution is 2.38. The highest BCUT2D eigenvalue weighted by Gasteiger charge is 2.27. The molecule has 1 heterocycles. The van der Waals surface area contributed by atoms with Crippen molar-refractivity contribution in [3.05, 3.63) is 46.4 Å². The summed E-state index contributed by atoms with van der Waals surface area (Å²) in [5.74, 6) is -0.413. The Balaban J connectivity index is 1.59. The van der Waals surface area contributed by atoms with Crippen molar-refractivity contribution in [3.8, 4) is 0 Å². The zero-order chi connectivity index (χ0) is 19.9. The second kappa shape index (κ2) is 6.97. The molecule has 2 N–H and O–H groups in total. The number of rotatable bonds is 4. The molecule has 0 atom stereocenters. The van der Waals surface area contributed by atoms with Crippen molar-refractivity contribution in [1.29, 1.82) is 0 Å². The van der Waals surface area contributed by atoms with Crippen LogP contribution in [0.3, 0.4) is 0 Å². The van der Waals surface area contributed by atoms with Crippen LogP contribution in [-0.4, -0.2) is 30.2 Å². The fourth-order valence-electron chi connectivity index (χ4n) is 3.93. The maximum absolute atomic E-state index is 12.5. The molecule has 0 aliphatic heterocycles. The summed E-state index contributed by atoms with van der Waals surface area (Å²) in [5.41, 5.74) is 5.34. The Morgan fingerprint density at radius 2 is 1.64 bits per heavy atom. The molecule has 9 heteroatoms. The van der Waals surface area contributed by atoms with Crippen LogP contribution in [0.25, 0.3) is 0 Å². The van der Waals surface area contributed by atoms with Crippen LogP contribution in [0.2, 0.25) is 0 Å². The highest BCUT2D eigenvalue weighted by molar-refractivity contribution is 7.90. The Hall–Kier alpha value is -2.81. The molecule has 146 valence electrons. The molecule has 0 spiro atoms. The van der Waals surface area contributed by atoms with Crippen LogP contribution in [0.1, 0.15) is 52.5 Å². The first-order valence-corrected chi connectivity index (χ1v) is 10.7. The van der Waals surface area contributed by atoms with E-state index in [1.807, 2.05) is 4.72 Å². The third-order valence-electron chi connectivity index (χ3n) is 5.19. The topological polar surface area (TPSA) is 118 Å². The number of aromatic nitrogens is 2. The molecule has 2 amide bonds. The monoisotopic (exact) mass is 400 g/mol. The van der Waals surface area contributed by atoms with Gasteiger partial charge in [-0.3, -0.25) is 9.78 Å². The molecular formula is C19H20N4O4S. The maximum atomic E-state index is 12.5. The van der Waals surface area contributed by atoms with Gasteiger partial charge in [0.2, 0.25) is 0 Å². The first kappa shape index (κ1) is 18.5. The van der Waals surface area contributed by atoms with Gasteiger partial charge < -0.3 is 5.32 Å². The van der Waals surface area contributed by atoms with Gasteiger partial charge in [-0.25, -0.2) is 14.5 Å². The standard InChI is InChI=1S/C19H20N4O4S/c1-11(24)16-9-20-10-17(21-16)28(26,27)23-19(25)22-18-14-6-2-4-12(14)8-13-5-3-7-15(13)18/h8-10H,2-7H2,1H3,(H2,22,23,25). The van der Waals surface area contributed by atoms with Gasteiger partial charge in [0.05, 0.1) is 12.4 Å². The van der Waals surface area contributed by atoms with Gasteiger partial charge in [-0.15, -0.1) is 0 Å². The number of ketones is 1. The van der Waals surface area contributed by atoms with E-state index in [0.717, 1.165) is 61.5 Å². The van der Waals surface area contributed by atoms with Crippen molar-refractivity contribution in [2.45, 2.75) is 50.5 Å². The number of fused-ring (bicyclic) bond motifs is 2. The van der Waals surface area contributed by atoms with Gasteiger partial charge in [-0.1, -0.05) is 6.07 Å². The lowest BCUT2D eigenvalue weighted by Gasteiger charge is -2.16. The number of hydrogen-bond donors (Lipinski definition) is 2. The molecule has 1 aromatic carbocycles. The number of amides is 2. The van der Waals surface area contributed by atoms with Gasteiger partial charge in [0.1, 0.15) is 5.69 Å². The summed E-state index contributed by atoms with van der Waals surface area (Å²) in [6.45, 7) is 1.26. The van der Waals surface area contributed by atoms with Crippen molar-refractivity contribution in [2.75, 3.05) is 5.32 Å². The number of carbonyl (C=O) groups is 2. The Labute approximate surface area is 162 Å². The van der Waals surface area contributed by atoms with Crippen LogP contribution in [0.5, 0.6) is 0 Å². The summed E-state index contributed by atoms with van der Waals surface area (Å²) in [5, 5.41) is 2.29. The van der Waals surface area contributed by atoms with Crippen LogP contribution in [0.4, 0.5) is 10.5 Å². The minimum absolute atomic E-state index is 0.0815. The van der Waals surface area contributed by atoms with Gasteiger partial charge in [-0.05, 0) is 60.8 Å². The molecule has 4 rings (SSSR count). The predicted octanol–water partition coefficient (Wildman–Crippen LogP) is 2.17. The van der Waals surface area contributed by atoms with Crippen molar-refractivity contribution < 1.29 is 18.0 Å². The molecule has 0 radical (unpaired) electrons. The summed E-state index contributed by atoms with van der Waals surface area (Å²) in [4.78, 5) is 31.4. The molecule has 28 heavy (non-hydrogen) atoms. The molecule has 0 unspecified atom stereocenters. The van der Waals surface area contributed by atoms with Gasteiger partial charge in [-0.2, -0.15) is 8.42 Å². The van der Waals surface area contributed by atoms with Crippen molar-refractivity contribution in [2.24, 2.45) is 0 Å². The fraction of sp³-hybridized carbons (Fsp3) is 0.368. The van der Waals surface area contributed by atoms with E-state index in [1.54, 1.807) is 0 Å². The molecule has 8 nitrogen and oxygen atoms in total. The van der Waals surface area contributed by atoms with E-state index in [2.05, 4.69) is 21.4 Å². The summed E-state index contributed by atoms with van der Waals surface area (Å²) >= 11 is 0. The number of nitrogens with zero attached hydrogens (tertiary/aromatic N) is 2. The van der Waals surface area contributed by atoms with Crippen LogP contribution < -0.4 is 10.0 Å². The summed E-state index contributed by atoms with van der Waals surface area (Å²) < 4.78 is 27.0. The number of hydrogen-bond acceptors (Lipinski definition) is 6. The summed E-state index contributed by atoms with van der Waals surface area (Å²) in [6, 6.07) is 1.39. The third kappa shape index (κ3) is 3.37. The molecule has 0 bridgehead atoms. The van der Waals surface area contributed by atoms with Gasteiger partial charge >= 0.3 is 6.03 Å². The Kier molecular flexibility index (Phi) is 4.62. The van der Waals surface area contributed by atoms with Crippen molar-refractivity contribution >= 4 is 27.5 Å². The molecule has 0 fully saturated rings. The number of sulfonamides is 1. The van der Waals surface area contributed by atoms with Crippen molar-refractivity contribution in [3.63, 3.8) is 0 Å². The lowest BCUT2D eigenvalue weighted by molar-refractivity contribution is 0.101. The molecule has 0 saturated heterocycles. The Bertz CT molecular complexity index is 1060. The first-order valence-electron chi connectivity index (χ1n) is 9.18. The quantitative estimate of drug-likeness (QED) is 0.760. The number of carbonyl (C=O) groups excluding carboxylic acids is 2. The van der Waals surface area contributed by atoms with Crippen molar-refractivity contribution in [1.82, 2.24) is 14.7 Å². The Morgan fingerprint density at radius 1 is 1.00 bits per heavy atom. The molecule has 0 saturated carbocycles. The first-order chi connectivity index (χ1) is 13.3. The predicted molar refractivity (Wildman–Crippen MR) is 102 cm³/mol. The Morgan fingerprint density at radius 3 is 2.25 bits per heavy atom. The van der Waals surface area contributed by atoms with Crippen LogP contribution in [0.15, 0.2) is 23.5 Å². The van der Waals surface area contributed by atoms with Crippen LogP contribution in [-0.2, 0) is 35.7 Å². The number of anilines is 1. The minimum Gasteiger partial charge on any atom is -0.307 e. The number of urea groups is 1. The number of aryl methyl sites for hydroxylation is 2. The lowest BCUT2D eigenvalue weighted by Crippen LogP contribution is -2.35. The van der Waals surface area contributed by atoms with E-state index in [-0.39, 0.29) is 5.69 Å². The van der Waals surface area contributed by atoms with E-state index in [9.17, 15) is 18.0 Å². The minimum atomic E-state index is -4.25. The molecule has 2 aliphatic rings. The van der Waals surface area contributed by atoms with Crippen LogP contribution >= 0.6 is 0 Å². The van der Waals surface area contributed by atoms with E-state index >= 15 is 0 Å². The van der Waals surface area contributed by atoms with Gasteiger partial charge in [0.25, 0.3) is 10.0 Å². The smallest absolute Gasteiger partial charge is 0.307 e. The largest absolute Gasteiger partial charge is 0.333 e. The second-order valence-electron chi connectivity index (χ2n) is 7.09. The van der Waals surface area contributed by atoms with E-state index in [1.165, 1.54) is 24.2 Å². The summed E-state index contributed by atoms with van der Waals surface area (Å²) in [7, 11) is -4.25. The average molecular weight is 400 g/mol. The van der Waals surface area contributed by atoms with Gasteiger partial charge in [0, 0.05) is 12.6 Å². The average Bonchev–Trinajstić information content (AvgIpc) is 3.30. The molecular weight excluding hydrogens is 380 g/mol. The molecule has 1 aromatic heterocycles. The zero-order valence-electron chi connectivity index (χ0n) is 15.4.